The molecule has 2 N–H and O–H groups in total. The first-order valence-electron chi connectivity index (χ1n) is 9.92. The second kappa shape index (κ2) is 10.3. The minimum absolute atomic E-state index is 0.125. The third-order valence-electron chi connectivity index (χ3n) is 5.28. The largest absolute Gasteiger partial charge is 0.507 e. The van der Waals surface area contributed by atoms with E-state index in [1.165, 1.54) is 50.5 Å². The highest BCUT2D eigenvalue weighted by Gasteiger charge is 2.46. The van der Waals surface area contributed by atoms with Gasteiger partial charge in [-0.3, -0.25) is 9.59 Å². The number of rotatable bonds is 8. The van der Waals surface area contributed by atoms with Gasteiger partial charge in [-0.15, -0.1) is 0 Å². The molecule has 3 rings (SSSR count). The molecule has 0 saturated carbocycles. The van der Waals surface area contributed by atoms with Crippen LogP contribution in [0.25, 0.3) is 5.76 Å². The second-order valence-corrected chi connectivity index (χ2v) is 8.06. The van der Waals surface area contributed by atoms with Crippen molar-refractivity contribution in [1.82, 2.24) is 4.90 Å². The number of hydrogen-bond acceptors (Lipinski definition) is 7. The first-order valence-corrected chi connectivity index (χ1v) is 10.7. The quantitative estimate of drug-likeness (QED) is 0.245. The summed E-state index contributed by atoms with van der Waals surface area (Å²) < 4.78 is 15.3. The van der Waals surface area contributed by atoms with Crippen LogP contribution in [-0.4, -0.2) is 61.3 Å². The van der Waals surface area contributed by atoms with Crippen LogP contribution < -0.4 is 9.47 Å². The summed E-state index contributed by atoms with van der Waals surface area (Å²) in [6, 6.07) is 6.34. The summed E-state index contributed by atoms with van der Waals surface area (Å²) in [7, 11) is 4.33. The van der Waals surface area contributed by atoms with E-state index >= 15 is 0 Å². The summed E-state index contributed by atoms with van der Waals surface area (Å²) in [6.45, 7) is 0.560. The number of likely N-dealkylation sites (tertiary alicyclic amines) is 1. The van der Waals surface area contributed by atoms with E-state index in [0.717, 1.165) is 0 Å². The zero-order chi connectivity index (χ0) is 24.3. The van der Waals surface area contributed by atoms with Crippen molar-refractivity contribution in [3.63, 3.8) is 0 Å². The van der Waals surface area contributed by atoms with Gasteiger partial charge in [-0.05, 0) is 36.2 Å². The molecule has 1 aliphatic rings. The van der Waals surface area contributed by atoms with E-state index in [1.807, 2.05) is 0 Å². The Kier molecular flexibility index (Phi) is 7.73. The van der Waals surface area contributed by atoms with Crippen molar-refractivity contribution in [1.29, 1.82) is 0 Å². The van der Waals surface area contributed by atoms with Gasteiger partial charge < -0.3 is 29.3 Å². The van der Waals surface area contributed by atoms with E-state index < -0.39 is 23.5 Å². The molecule has 8 nitrogen and oxygen atoms in total. The number of phenols is 1. The van der Waals surface area contributed by atoms with Crippen LogP contribution in [0.4, 0.5) is 0 Å². The zero-order valence-electron chi connectivity index (χ0n) is 18.2. The molecular formula is C23H23Cl2NO7. The number of aromatic hydroxyl groups is 1. The molecule has 0 spiro atoms. The number of Topliss-reactive ketones (excluding diaryl/α,β-unsaturated/α-hetero) is 1. The van der Waals surface area contributed by atoms with Gasteiger partial charge in [0.05, 0.1) is 35.9 Å². The lowest BCUT2D eigenvalue weighted by Gasteiger charge is -2.25. The number of hydrogen-bond donors (Lipinski definition) is 2. The van der Waals surface area contributed by atoms with Gasteiger partial charge in [-0.25, -0.2) is 0 Å². The number of ether oxygens (including phenoxy) is 3. The lowest BCUT2D eigenvalue weighted by atomic mass is 9.95. The second-order valence-electron chi connectivity index (χ2n) is 7.24. The number of ketones is 1. The van der Waals surface area contributed by atoms with Crippen LogP contribution in [-0.2, 0) is 14.3 Å². The summed E-state index contributed by atoms with van der Waals surface area (Å²) in [4.78, 5) is 27.3. The minimum atomic E-state index is -0.960. The minimum Gasteiger partial charge on any atom is -0.507 e. The molecule has 2 aromatic carbocycles. The maximum Gasteiger partial charge on any atom is 0.295 e. The number of aliphatic hydroxyl groups is 1. The molecule has 1 atom stereocenters. The molecule has 1 heterocycles. The highest BCUT2D eigenvalue weighted by molar-refractivity contribution is 6.46. The first-order chi connectivity index (χ1) is 15.7. The van der Waals surface area contributed by atoms with Gasteiger partial charge >= 0.3 is 0 Å². The van der Waals surface area contributed by atoms with Gasteiger partial charge in [0, 0.05) is 25.8 Å². The van der Waals surface area contributed by atoms with Crippen molar-refractivity contribution in [3.8, 4) is 17.2 Å². The molecule has 1 aliphatic heterocycles. The number of benzene rings is 2. The van der Waals surface area contributed by atoms with Crippen LogP contribution in [0.1, 0.15) is 23.6 Å². The Morgan fingerprint density at radius 1 is 1.06 bits per heavy atom. The van der Waals surface area contributed by atoms with Gasteiger partial charge in [0.25, 0.3) is 11.7 Å². The van der Waals surface area contributed by atoms with Crippen molar-refractivity contribution < 1.29 is 34.0 Å². The van der Waals surface area contributed by atoms with Crippen molar-refractivity contribution in [2.24, 2.45) is 0 Å². The average Bonchev–Trinajstić information content (AvgIpc) is 3.03. The third kappa shape index (κ3) is 4.73. The molecule has 0 radical (unpaired) electrons. The van der Waals surface area contributed by atoms with E-state index in [9.17, 15) is 19.8 Å². The molecular weight excluding hydrogens is 473 g/mol. The molecule has 176 valence electrons. The highest BCUT2D eigenvalue weighted by Crippen LogP contribution is 2.43. The summed E-state index contributed by atoms with van der Waals surface area (Å²) in [5.74, 6) is -1.83. The molecule has 0 aromatic heterocycles. The first kappa shape index (κ1) is 24.7. The van der Waals surface area contributed by atoms with Crippen LogP contribution in [0.2, 0.25) is 10.0 Å². The topological polar surface area (TPSA) is 106 Å². The lowest BCUT2D eigenvalue weighted by molar-refractivity contribution is -0.140. The smallest absolute Gasteiger partial charge is 0.295 e. The molecule has 1 fully saturated rings. The summed E-state index contributed by atoms with van der Waals surface area (Å²) in [5, 5.41) is 21.7. The highest BCUT2D eigenvalue weighted by atomic mass is 35.5. The fourth-order valence-electron chi connectivity index (χ4n) is 3.76. The standard InChI is InChI=1S/C23H23Cl2NO7/c1-31-8-4-7-26-19(12-5-6-17(32-2)16(27)11-12)18(21(29)23(26)30)20(28)13-9-14(24)22(33-3)15(25)10-13/h5-6,9-11,19,27-28H,4,7-8H2,1-3H3/b20-18+. The maximum absolute atomic E-state index is 13.0. The Hall–Kier alpha value is -2.94. The Bertz CT molecular complexity index is 1090. The number of amides is 1. The molecule has 0 bridgehead atoms. The summed E-state index contributed by atoms with van der Waals surface area (Å²) >= 11 is 12.4. The van der Waals surface area contributed by atoms with Gasteiger partial charge in [-0.2, -0.15) is 0 Å². The fraction of sp³-hybridized carbons (Fsp3) is 0.304. The van der Waals surface area contributed by atoms with Gasteiger partial charge in [0.1, 0.15) is 5.76 Å². The molecule has 1 amide bonds. The van der Waals surface area contributed by atoms with Crippen molar-refractivity contribution in [2.45, 2.75) is 12.5 Å². The molecule has 10 heteroatoms. The van der Waals surface area contributed by atoms with Crippen molar-refractivity contribution in [2.75, 3.05) is 34.5 Å². The molecule has 33 heavy (non-hydrogen) atoms. The number of phenolic OH excluding ortho intramolecular Hbond substituents is 1. The van der Waals surface area contributed by atoms with Gasteiger partial charge in [0.2, 0.25) is 0 Å². The number of halogens is 2. The predicted octanol–water partition coefficient (Wildman–Crippen LogP) is 4.17. The van der Waals surface area contributed by atoms with Crippen LogP contribution in [0, 0.1) is 0 Å². The molecule has 1 saturated heterocycles. The maximum atomic E-state index is 13.0. The number of carbonyl (C=O) groups is 2. The Labute approximate surface area is 200 Å². The van der Waals surface area contributed by atoms with E-state index in [4.69, 9.17) is 37.4 Å². The molecule has 2 aromatic rings. The summed E-state index contributed by atoms with van der Waals surface area (Å²) in [6.07, 6.45) is 0.461. The number of carbonyl (C=O) groups excluding carboxylic acids is 2. The van der Waals surface area contributed by atoms with E-state index in [0.29, 0.717) is 18.6 Å². The van der Waals surface area contributed by atoms with Gasteiger partial charge in [-0.1, -0.05) is 29.3 Å². The Balaban J connectivity index is 2.19. The van der Waals surface area contributed by atoms with Crippen LogP contribution in [0.3, 0.4) is 0 Å². The van der Waals surface area contributed by atoms with Crippen LogP contribution in [0.15, 0.2) is 35.9 Å². The molecule has 0 aliphatic carbocycles. The van der Waals surface area contributed by atoms with Crippen LogP contribution >= 0.6 is 23.2 Å². The Morgan fingerprint density at radius 3 is 2.27 bits per heavy atom. The number of aliphatic hydroxyl groups excluding tert-OH is 1. The zero-order valence-corrected chi connectivity index (χ0v) is 19.7. The van der Waals surface area contributed by atoms with E-state index in [-0.39, 0.29) is 45.0 Å². The van der Waals surface area contributed by atoms with Crippen LogP contribution in [0.5, 0.6) is 17.2 Å². The average molecular weight is 496 g/mol. The lowest BCUT2D eigenvalue weighted by Crippen LogP contribution is -2.31. The number of methoxy groups -OCH3 is 3. The van der Waals surface area contributed by atoms with E-state index in [2.05, 4.69) is 0 Å². The van der Waals surface area contributed by atoms with Crippen molar-refractivity contribution >= 4 is 40.7 Å². The van der Waals surface area contributed by atoms with E-state index in [1.54, 1.807) is 6.07 Å². The third-order valence-corrected chi connectivity index (χ3v) is 5.84. The number of nitrogens with zero attached hydrogens (tertiary/aromatic N) is 1. The fourth-order valence-corrected chi connectivity index (χ4v) is 4.40. The normalized spacial score (nSPS) is 17.5. The monoisotopic (exact) mass is 495 g/mol. The summed E-state index contributed by atoms with van der Waals surface area (Å²) in [5.41, 5.74) is 0.403. The SMILES string of the molecule is COCCCN1C(=O)C(=O)/C(=C(/O)c2cc(Cl)c(OC)c(Cl)c2)C1c1ccc(OC)c(O)c1. The van der Waals surface area contributed by atoms with Gasteiger partial charge in [0.15, 0.2) is 17.2 Å². The molecule has 1 unspecified atom stereocenters. The van der Waals surface area contributed by atoms with Crippen molar-refractivity contribution in [3.05, 3.63) is 57.1 Å². The predicted molar refractivity (Wildman–Crippen MR) is 123 cm³/mol. The Morgan fingerprint density at radius 2 is 1.73 bits per heavy atom.